The maximum absolute atomic E-state index is 12.2. The zero-order valence-electron chi connectivity index (χ0n) is 17.0. The molecule has 2 aromatic carbocycles. The van der Waals surface area contributed by atoms with Gasteiger partial charge in [0.1, 0.15) is 5.75 Å². The van der Waals surface area contributed by atoms with Crippen LogP contribution < -0.4 is 20.7 Å². The second-order valence-electron chi connectivity index (χ2n) is 6.11. The lowest BCUT2D eigenvalue weighted by Crippen LogP contribution is -2.43. The summed E-state index contributed by atoms with van der Waals surface area (Å²) in [6, 6.07) is 17.4. The normalized spacial score (nSPS) is 11.8. The molecule has 0 aliphatic rings. The van der Waals surface area contributed by atoms with Gasteiger partial charge in [-0.3, -0.25) is 9.79 Å². The van der Waals surface area contributed by atoms with Gasteiger partial charge < -0.3 is 20.7 Å². The third-order valence-electron chi connectivity index (χ3n) is 3.90. The number of hydrogen-bond acceptors (Lipinski definition) is 4. The summed E-state index contributed by atoms with van der Waals surface area (Å²) in [6.07, 6.45) is 0. The van der Waals surface area contributed by atoms with Gasteiger partial charge in [0.2, 0.25) is 0 Å². The van der Waals surface area contributed by atoms with Crippen LogP contribution in [0.15, 0.2) is 64.5 Å². The number of nitrogens with one attached hydrogen (secondary N) is 3. The summed E-state index contributed by atoms with van der Waals surface area (Å²) >= 11 is 1.82. The Hall–Kier alpha value is -1.94. The van der Waals surface area contributed by atoms with E-state index in [1.807, 2.05) is 36.0 Å². The number of carbonyl (C=O) groups is 1. The quantitative estimate of drug-likeness (QED) is 0.153. The third kappa shape index (κ3) is 9.40. The zero-order valence-corrected chi connectivity index (χ0v) is 20.1. The van der Waals surface area contributed by atoms with Crippen molar-refractivity contribution in [3.63, 3.8) is 0 Å². The van der Waals surface area contributed by atoms with Crippen molar-refractivity contribution in [1.29, 1.82) is 0 Å². The summed E-state index contributed by atoms with van der Waals surface area (Å²) in [4.78, 5) is 17.6. The van der Waals surface area contributed by atoms with Crippen LogP contribution in [0.1, 0.15) is 17.3 Å². The Morgan fingerprint density at radius 3 is 2.48 bits per heavy atom. The highest BCUT2D eigenvalue weighted by Crippen LogP contribution is 2.21. The average molecular weight is 528 g/mol. The molecule has 158 valence electrons. The number of halogens is 1. The van der Waals surface area contributed by atoms with E-state index in [0.717, 1.165) is 12.5 Å². The first-order valence-corrected chi connectivity index (χ1v) is 10.1. The first-order chi connectivity index (χ1) is 13.6. The zero-order chi connectivity index (χ0) is 20.2. The fraction of sp³-hybridized carbons (Fsp3) is 0.333. The number of rotatable bonds is 9. The molecule has 0 spiro atoms. The maximum Gasteiger partial charge on any atom is 0.251 e. The molecule has 0 bridgehead atoms. The largest absolute Gasteiger partial charge is 0.497 e. The number of ether oxygens (including phenoxy) is 1. The summed E-state index contributed by atoms with van der Waals surface area (Å²) in [6.45, 7) is 4.03. The number of benzene rings is 2. The summed E-state index contributed by atoms with van der Waals surface area (Å²) in [5.41, 5.74) is 0.577. The highest BCUT2D eigenvalue weighted by Gasteiger charge is 2.07. The van der Waals surface area contributed by atoms with Crippen molar-refractivity contribution in [1.82, 2.24) is 16.0 Å². The van der Waals surface area contributed by atoms with Gasteiger partial charge >= 0.3 is 0 Å². The Labute approximate surface area is 194 Å². The van der Waals surface area contributed by atoms with Crippen molar-refractivity contribution in [2.45, 2.75) is 17.1 Å². The molecule has 0 fully saturated rings. The molecular formula is C21H29IN4O2S. The monoisotopic (exact) mass is 528 g/mol. The van der Waals surface area contributed by atoms with E-state index in [0.29, 0.717) is 29.7 Å². The number of methoxy groups -OCH3 is 1. The SMILES string of the molecule is CN=C(NCCNC(=O)c1cccc(OC)c1)NCC(C)Sc1ccccc1.I. The molecule has 0 aromatic heterocycles. The van der Waals surface area contributed by atoms with Crippen molar-refractivity contribution in [3.05, 3.63) is 60.2 Å². The summed E-state index contributed by atoms with van der Waals surface area (Å²) < 4.78 is 5.14. The van der Waals surface area contributed by atoms with Gasteiger partial charge in [0, 0.05) is 42.4 Å². The molecule has 2 rings (SSSR count). The van der Waals surface area contributed by atoms with E-state index in [2.05, 4.69) is 40.0 Å². The van der Waals surface area contributed by atoms with E-state index in [1.165, 1.54) is 4.90 Å². The van der Waals surface area contributed by atoms with Crippen molar-refractivity contribution in [2.75, 3.05) is 33.8 Å². The van der Waals surface area contributed by atoms with Crippen molar-refractivity contribution >= 4 is 47.6 Å². The Kier molecular flexibility index (Phi) is 12.2. The van der Waals surface area contributed by atoms with Crippen molar-refractivity contribution in [2.24, 2.45) is 4.99 Å². The van der Waals surface area contributed by atoms with Gasteiger partial charge in [0.05, 0.1) is 7.11 Å². The number of guanidine groups is 1. The molecule has 1 amide bonds. The predicted octanol–water partition coefficient (Wildman–Crippen LogP) is 3.39. The predicted molar refractivity (Wildman–Crippen MR) is 132 cm³/mol. The Morgan fingerprint density at radius 2 is 1.79 bits per heavy atom. The summed E-state index contributed by atoms with van der Waals surface area (Å²) in [5, 5.41) is 9.80. The molecular weight excluding hydrogens is 499 g/mol. The number of amides is 1. The average Bonchev–Trinajstić information content (AvgIpc) is 2.73. The molecule has 3 N–H and O–H groups in total. The first kappa shape index (κ1) is 25.1. The minimum atomic E-state index is -0.128. The lowest BCUT2D eigenvalue weighted by atomic mass is 10.2. The van der Waals surface area contributed by atoms with Crippen LogP contribution in [0, 0.1) is 0 Å². The van der Waals surface area contributed by atoms with E-state index in [4.69, 9.17) is 4.74 Å². The van der Waals surface area contributed by atoms with Gasteiger partial charge in [-0.05, 0) is 30.3 Å². The van der Waals surface area contributed by atoms with E-state index >= 15 is 0 Å². The van der Waals surface area contributed by atoms with Crippen LogP contribution in [-0.4, -0.2) is 50.9 Å². The highest BCUT2D eigenvalue weighted by atomic mass is 127. The van der Waals surface area contributed by atoms with Crippen molar-refractivity contribution < 1.29 is 9.53 Å². The van der Waals surface area contributed by atoms with Gasteiger partial charge in [-0.25, -0.2) is 0 Å². The number of hydrogen-bond donors (Lipinski definition) is 3. The number of nitrogens with zero attached hydrogens (tertiary/aromatic N) is 1. The van der Waals surface area contributed by atoms with Gasteiger partial charge in [-0.1, -0.05) is 31.2 Å². The molecule has 0 aliphatic heterocycles. The van der Waals surface area contributed by atoms with Crippen molar-refractivity contribution in [3.8, 4) is 5.75 Å². The van der Waals surface area contributed by atoms with E-state index in [1.54, 1.807) is 32.4 Å². The molecule has 6 nitrogen and oxygen atoms in total. The smallest absolute Gasteiger partial charge is 0.251 e. The first-order valence-electron chi connectivity index (χ1n) is 9.21. The summed E-state index contributed by atoms with van der Waals surface area (Å²) in [7, 11) is 3.32. The molecule has 1 unspecified atom stereocenters. The molecule has 1 atom stereocenters. The molecule has 0 radical (unpaired) electrons. The standard InChI is InChI=1S/C21H28N4O2S.HI/c1-16(28-19-10-5-4-6-11-19)15-25-21(22-2)24-13-12-23-20(26)17-8-7-9-18(14-17)27-3;/h4-11,14,16H,12-13,15H2,1-3H3,(H,23,26)(H2,22,24,25);1H. The molecule has 0 saturated heterocycles. The van der Waals surface area contributed by atoms with Crippen LogP contribution in [-0.2, 0) is 0 Å². The number of carbonyl (C=O) groups excluding carboxylic acids is 1. The van der Waals surface area contributed by atoms with Crippen LogP contribution >= 0.6 is 35.7 Å². The third-order valence-corrected chi connectivity index (χ3v) is 5.01. The fourth-order valence-corrected chi connectivity index (χ4v) is 3.40. The topological polar surface area (TPSA) is 74.8 Å². The highest BCUT2D eigenvalue weighted by molar-refractivity contribution is 14.0. The molecule has 0 saturated carbocycles. The minimum Gasteiger partial charge on any atom is -0.497 e. The molecule has 8 heteroatoms. The minimum absolute atomic E-state index is 0. The van der Waals surface area contributed by atoms with Gasteiger partial charge in [0.15, 0.2) is 5.96 Å². The molecule has 2 aromatic rings. The number of aliphatic imine (C=N–C) groups is 1. The van der Waals surface area contributed by atoms with E-state index in [9.17, 15) is 4.79 Å². The van der Waals surface area contributed by atoms with E-state index in [-0.39, 0.29) is 29.9 Å². The summed E-state index contributed by atoms with van der Waals surface area (Å²) in [5.74, 6) is 1.26. The van der Waals surface area contributed by atoms with Crippen LogP contribution in [0.3, 0.4) is 0 Å². The van der Waals surface area contributed by atoms with E-state index < -0.39 is 0 Å². The van der Waals surface area contributed by atoms with Crippen LogP contribution in [0.5, 0.6) is 5.75 Å². The number of thioether (sulfide) groups is 1. The maximum atomic E-state index is 12.2. The van der Waals surface area contributed by atoms with Crippen LogP contribution in [0.2, 0.25) is 0 Å². The second kappa shape index (κ2) is 14.1. The lowest BCUT2D eigenvalue weighted by Gasteiger charge is -2.16. The molecule has 0 aliphatic carbocycles. The Bertz CT molecular complexity index is 774. The lowest BCUT2D eigenvalue weighted by molar-refractivity contribution is 0.0954. The fourth-order valence-electron chi connectivity index (χ4n) is 2.46. The molecule has 29 heavy (non-hydrogen) atoms. The van der Waals surface area contributed by atoms with Gasteiger partial charge in [-0.2, -0.15) is 0 Å². The Morgan fingerprint density at radius 1 is 1.07 bits per heavy atom. The Balaban J connectivity index is 0.00000420. The van der Waals surface area contributed by atoms with Gasteiger partial charge in [0.25, 0.3) is 5.91 Å². The second-order valence-corrected chi connectivity index (χ2v) is 7.62. The van der Waals surface area contributed by atoms with Crippen LogP contribution in [0.25, 0.3) is 0 Å². The van der Waals surface area contributed by atoms with Crippen LogP contribution in [0.4, 0.5) is 0 Å². The van der Waals surface area contributed by atoms with Gasteiger partial charge in [-0.15, -0.1) is 35.7 Å². The molecule has 0 heterocycles.